The predicted molar refractivity (Wildman–Crippen MR) is 114 cm³/mol. The van der Waals surface area contributed by atoms with Crippen LogP contribution in [0.3, 0.4) is 0 Å². The number of nitrogens with one attached hydrogen (secondary N) is 1. The Morgan fingerprint density at radius 2 is 1.91 bits per heavy atom. The molecule has 32 heavy (non-hydrogen) atoms. The smallest absolute Gasteiger partial charge is 0.275 e. The monoisotopic (exact) mass is 432 g/mol. The molecule has 1 aromatic carbocycles. The van der Waals surface area contributed by atoms with Crippen molar-refractivity contribution in [3.05, 3.63) is 72.4 Å². The number of hydrogen-bond acceptors (Lipinski definition) is 7. The highest BCUT2D eigenvalue weighted by Crippen LogP contribution is 2.24. The number of aliphatic hydroxyl groups excluding tert-OH is 1. The first kappa shape index (κ1) is 21.1. The molecule has 0 saturated carbocycles. The van der Waals surface area contributed by atoms with Gasteiger partial charge in [0.25, 0.3) is 11.8 Å². The van der Waals surface area contributed by atoms with E-state index < -0.39 is 29.9 Å². The highest BCUT2D eigenvalue weighted by molar-refractivity contribution is 6.03. The zero-order chi connectivity index (χ0) is 22.7. The summed E-state index contributed by atoms with van der Waals surface area (Å²) >= 11 is 0. The Bertz CT molecular complexity index is 1170. The average Bonchev–Trinajstić information content (AvgIpc) is 3.21. The van der Waals surface area contributed by atoms with Gasteiger partial charge in [-0.15, -0.1) is 0 Å². The van der Waals surface area contributed by atoms with Crippen LogP contribution >= 0.6 is 0 Å². The molecule has 0 aliphatic carbocycles. The van der Waals surface area contributed by atoms with E-state index in [0.717, 1.165) is 0 Å². The third-order valence-corrected chi connectivity index (χ3v) is 5.05. The van der Waals surface area contributed by atoms with Crippen LogP contribution in [0.4, 0.5) is 5.69 Å². The largest absolute Gasteiger partial charge is 0.391 e. The molecule has 2 aromatic heterocycles. The third-order valence-electron chi connectivity index (χ3n) is 5.05. The van der Waals surface area contributed by atoms with Crippen LogP contribution in [-0.2, 0) is 4.79 Å². The number of benzene rings is 1. The van der Waals surface area contributed by atoms with Gasteiger partial charge in [0.15, 0.2) is 0 Å². The maximum atomic E-state index is 12.9. The second-order valence-corrected chi connectivity index (χ2v) is 7.30. The molecule has 3 aromatic rings. The van der Waals surface area contributed by atoms with Gasteiger partial charge in [-0.1, -0.05) is 18.2 Å². The van der Waals surface area contributed by atoms with Gasteiger partial charge in [-0.3, -0.25) is 19.4 Å². The second kappa shape index (κ2) is 8.90. The summed E-state index contributed by atoms with van der Waals surface area (Å²) in [6.45, 7) is 0.0161. The summed E-state index contributed by atoms with van der Waals surface area (Å²) in [4.78, 5) is 50.4. The van der Waals surface area contributed by atoms with Crippen molar-refractivity contribution in [1.29, 1.82) is 0 Å². The van der Waals surface area contributed by atoms with Gasteiger partial charge in [0.1, 0.15) is 17.4 Å². The first-order chi connectivity index (χ1) is 15.4. The number of primary amides is 1. The first-order valence-electron chi connectivity index (χ1n) is 9.85. The summed E-state index contributed by atoms with van der Waals surface area (Å²) in [6.07, 6.45) is 3.57. The van der Waals surface area contributed by atoms with Crippen molar-refractivity contribution in [2.45, 2.75) is 18.6 Å². The molecule has 0 bridgehead atoms. The number of aliphatic hydroxyl groups is 1. The van der Waals surface area contributed by atoms with Crippen LogP contribution in [0.5, 0.6) is 0 Å². The van der Waals surface area contributed by atoms with Crippen LogP contribution in [0.1, 0.15) is 27.4 Å². The number of hydrogen-bond donors (Lipinski definition) is 3. The fraction of sp³-hybridized carbons (Fsp3) is 0.182. The normalized spacial score (nSPS) is 17.7. The average molecular weight is 432 g/mol. The Morgan fingerprint density at radius 1 is 1.09 bits per heavy atom. The van der Waals surface area contributed by atoms with Crippen molar-refractivity contribution in [2.24, 2.45) is 5.73 Å². The van der Waals surface area contributed by atoms with Crippen LogP contribution in [0.2, 0.25) is 0 Å². The number of anilines is 1. The third kappa shape index (κ3) is 4.44. The second-order valence-electron chi connectivity index (χ2n) is 7.30. The van der Waals surface area contributed by atoms with Crippen molar-refractivity contribution < 1.29 is 19.5 Å². The Hall–Kier alpha value is -4.18. The minimum Gasteiger partial charge on any atom is -0.391 e. The minimum absolute atomic E-state index is 0.0161. The maximum Gasteiger partial charge on any atom is 0.275 e. The predicted octanol–water partition coefficient (Wildman–Crippen LogP) is 0.852. The van der Waals surface area contributed by atoms with Gasteiger partial charge >= 0.3 is 0 Å². The molecule has 0 unspecified atom stereocenters. The molecule has 3 amide bonds. The molecule has 4 N–H and O–H groups in total. The van der Waals surface area contributed by atoms with Crippen molar-refractivity contribution in [3.63, 3.8) is 0 Å². The van der Waals surface area contributed by atoms with E-state index in [-0.39, 0.29) is 24.4 Å². The molecule has 2 atom stereocenters. The van der Waals surface area contributed by atoms with Crippen molar-refractivity contribution in [3.8, 4) is 11.3 Å². The molecular formula is C22H20N6O4. The van der Waals surface area contributed by atoms with Gasteiger partial charge in [-0.2, -0.15) is 0 Å². The lowest BCUT2D eigenvalue weighted by Gasteiger charge is -2.21. The molecule has 1 aliphatic rings. The Morgan fingerprint density at radius 3 is 2.66 bits per heavy atom. The molecule has 1 saturated heterocycles. The Balaban J connectivity index is 1.56. The van der Waals surface area contributed by atoms with Crippen LogP contribution < -0.4 is 11.1 Å². The summed E-state index contributed by atoms with van der Waals surface area (Å²) in [5, 5.41) is 12.6. The molecule has 3 heterocycles. The number of rotatable bonds is 5. The number of likely N-dealkylation sites (tertiary alicyclic amines) is 1. The topological polar surface area (TPSA) is 151 Å². The molecule has 0 spiro atoms. The van der Waals surface area contributed by atoms with Crippen LogP contribution in [-0.4, -0.2) is 61.4 Å². The van der Waals surface area contributed by atoms with E-state index in [1.807, 2.05) is 0 Å². The molecule has 0 radical (unpaired) electrons. The number of amides is 3. The highest BCUT2D eigenvalue weighted by Gasteiger charge is 2.38. The number of nitrogens with zero attached hydrogens (tertiary/aromatic N) is 4. The van der Waals surface area contributed by atoms with Crippen LogP contribution in [0.15, 0.2) is 61.1 Å². The number of carbonyl (C=O) groups excluding carboxylic acids is 3. The molecule has 10 heteroatoms. The van der Waals surface area contributed by atoms with E-state index >= 15 is 0 Å². The van der Waals surface area contributed by atoms with Gasteiger partial charge in [0, 0.05) is 36.6 Å². The molecule has 4 rings (SSSR count). The number of carbonyl (C=O) groups is 3. The molecule has 162 valence electrons. The quantitative estimate of drug-likeness (QED) is 0.540. The van der Waals surface area contributed by atoms with Crippen molar-refractivity contribution in [2.75, 3.05) is 11.9 Å². The lowest BCUT2D eigenvalue weighted by atomic mass is 10.1. The van der Waals surface area contributed by atoms with Gasteiger partial charge in [0.05, 0.1) is 18.0 Å². The summed E-state index contributed by atoms with van der Waals surface area (Å²) in [6, 6.07) is 11.0. The summed E-state index contributed by atoms with van der Waals surface area (Å²) in [7, 11) is 0. The summed E-state index contributed by atoms with van der Waals surface area (Å²) in [5.74, 6) is -1.56. The summed E-state index contributed by atoms with van der Waals surface area (Å²) < 4.78 is 0. The number of β-amino-alcohol motifs (C(OH)–C–C–N with tert-alkyl or cyclic N) is 1. The van der Waals surface area contributed by atoms with Crippen molar-refractivity contribution in [1.82, 2.24) is 19.9 Å². The lowest BCUT2D eigenvalue weighted by molar-refractivity contribution is -0.121. The van der Waals surface area contributed by atoms with Gasteiger partial charge < -0.3 is 21.1 Å². The van der Waals surface area contributed by atoms with Crippen LogP contribution in [0, 0.1) is 0 Å². The van der Waals surface area contributed by atoms with Gasteiger partial charge in [-0.25, -0.2) is 9.97 Å². The van der Waals surface area contributed by atoms with E-state index in [1.165, 1.54) is 29.6 Å². The van der Waals surface area contributed by atoms with E-state index in [9.17, 15) is 19.5 Å². The zero-order valence-electron chi connectivity index (χ0n) is 16.9. The standard InChI is InChI=1S/C22H20N6O4/c23-20(30)19-10-15(29)12-28(19)22(32)17-6-2-5-16(27-17)13-3-1-4-14(9-13)26-21(31)18-11-24-7-8-25-18/h1-9,11,15,19,29H,10,12H2,(H2,23,30)(H,26,31)/t15-,19+/m1/s1. The van der Waals surface area contributed by atoms with E-state index in [1.54, 1.807) is 36.4 Å². The Labute approximate surface area is 183 Å². The molecule has 1 aliphatic heterocycles. The lowest BCUT2D eigenvalue weighted by Crippen LogP contribution is -2.44. The van der Waals surface area contributed by atoms with E-state index in [2.05, 4.69) is 20.3 Å². The fourth-order valence-electron chi connectivity index (χ4n) is 3.54. The summed E-state index contributed by atoms with van der Waals surface area (Å²) in [5.41, 5.74) is 7.38. The Kier molecular flexibility index (Phi) is 5.86. The molecular weight excluding hydrogens is 412 g/mol. The van der Waals surface area contributed by atoms with E-state index in [4.69, 9.17) is 5.73 Å². The maximum absolute atomic E-state index is 12.9. The fourth-order valence-corrected chi connectivity index (χ4v) is 3.54. The van der Waals surface area contributed by atoms with Gasteiger partial charge in [0.2, 0.25) is 5.91 Å². The van der Waals surface area contributed by atoms with Gasteiger partial charge in [-0.05, 0) is 24.3 Å². The van der Waals surface area contributed by atoms with Crippen molar-refractivity contribution >= 4 is 23.4 Å². The highest BCUT2D eigenvalue weighted by atomic mass is 16.3. The molecule has 10 nitrogen and oxygen atoms in total. The number of aromatic nitrogens is 3. The first-order valence-corrected chi connectivity index (χ1v) is 9.85. The number of pyridine rings is 1. The minimum atomic E-state index is -0.873. The zero-order valence-corrected chi connectivity index (χ0v) is 16.9. The SMILES string of the molecule is NC(=O)[C@@H]1C[C@@H](O)CN1C(=O)c1cccc(-c2cccc(NC(=O)c3cnccn3)c2)n1. The van der Waals surface area contributed by atoms with E-state index in [0.29, 0.717) is 16.9 Å². The number of nitrogens with two attached hydrogens (primary N) is 1. The van der Waals surface area contributed by atoms with Crippen LogP contribution in [0.25, 0.3) is 11.3 Å². The molecule has 1 fully saturated rings.